The number of rotatable bonds is 6. The first-order valence-electron chi connectivity index (χ1n) is 7.20. The lowest BCUT2D eigenvalue weighted by molar-refractivity contribution is 0.112. The second kappa shape index (κ2) is 7.73. The smallest absolute Gasteiger partial charge is 0.0341 e. The van der Waals surface area contributed by atoms with Crippen LogP contribution in [-0.2, 0) is 0 Å². The minimum Gasteiger partial charge on any atom is -0.329 e. The molecule has 0 aromatic heterocycles. The van der Waals surface area contributed by atoms with Crippen LogP contribution in [-0.4, -0.2) is 66.6 Å². The van der Waals surface area contributed by atoms with E-state index in [0.29, 0.717) is 6.04 Å². The van der Waals surface area contributed by atoms with Crippen LogP contribution in [0.3, 0.4) is 0 Å². The molecule has 1 heterocycles. The highest BCUT2D eigenvalue weighted by Gasteiger charge is 2.35. The predicted molar refractivity (Wildman–Crippen MR) is 83.4 cm³/mol. The molecule has 1 aliphatic rings. The Labute approximate surface area is 117 Å². The van der Waals surface area contributed by atoms with Gasteiger partial charge in [-0.2, -0.15) is 11.8 Å². The third kappa shape index (κ3) is 4.12. The molecule has 1 rings (SSSR count). The topological polar surface area (TPSA) is 32.5 Å². The molecule has 2 N–H and O–H groups in total. The molecule has 0 spiro atoms. The van der Waals surface area contributed by atoms with Crippen molar-refractivity contribution < 1.29 is 0 Å². The van der Waals surface area contributed by atoms with E-state index in [1.54, 1.807) is 0 Å². The van der Waals surface area contributed by atoms with Gasteiger partial charge in [0.1, 0.15) is 0 Å². The minimum atomic E-state index is 0.235. The molecule has 0 radical (unpaired) electrons. The Morgan fingerprint density at radius 3 is 2.61 bits per heavy atom. The molecule has 0 aromatic carbocycles. The average Bonchev–Trinajstić information content (AvgIpc) is 2.59. The van der Waals surface area contributed by atoms with Gasteiger partial charge in [-0.25, -0.2) is 0 Å². The van der Waals surface area contributed by atoms with Crippen molar-refractivity contribution in [2.24, 2.45) is 5.73 Å². The molecule has 0 aromatic rings. The first kappa shape index (κ1) is 16.3. The number of likely N-dealkylation sites (tertiary alicyclic amines) is 1. The number of thioether (sulfide) groups is 1. The zero-order chi connectivity index (χ0) is 13.6. The zero-order valence-electron chi connectivity index (χ0n) is 12.6. The molecule has 0 bridgehead atoms. The first-order valence-corrected chi connectivity index (χ1v) is 8.59. The van der Waals surface area contributed by atoms with Crippen molar-refractivity contribution in [1.82, 2.24) is 9.80 Å². The fourth-order valence-corrected chi connectivity index (χ4v) is 3.38. The summed E-state index contributed by atoms with van der Waals surface area (Å²) in [6.07, 6.45) is 5.92. The summed E-state index contributed by atoms with van der Waals surface area (Å²) in [6, 6.07) is 0.662. The van der Waals surface area contributed by atoms with E-state index >= 15 is 0 Å². The van der Waals surface area contributed by atoms with Gasteiger partial charge in [-0.05, 0) is 53.0 Å². The number of hydrogen-bond acceptors (Lipinski definition) is 4. The van der Waals surface area contributed by atoms with Gasteiger partial charge < -0.3 is 10.6 Å². The molecule has 1 atom stereocenters. The van der Waals surface area contributed by atoms with E-state index in [9.17, 15) is 0 Å². The predicted octanol–water partition coefficient (Wildman–Crippen LogP) is 1.87. The van der Waals surface area contributed by atoms with Gasteiger partial charge in [0, 0.05) is 37.0 Å². The third-order valence-corrected chi connectivity index (χ3v) is 5.09. The summed E-state index contributed by atoms with van der Waals surface area (Å²) in [5.41, 5.74) is 6.37. The molecule has 1 saturated heterocycles. The lowest BCUT2D eigenvalue weighted by Gasteiger charge is -2.41. The van der Waals surface area contributed by atoms with Crippen LogP contribution >= 0.6 is 11.8 Å². The third-order valence-electron chi connectivity index (χ3n) is 4.50. The van der Waals surface area contributed by atoms with Crippen LogP contribution in [0.1, 0.15) is 33.1 Å². The standard InChI is InChI=1S/C14H31N3S/c1-13(2)17-8-5-6-14(12-15,7-9-17)16(3)10-11-18-4/h13H,5-12,15H2,1-4H3. The molecule has 18 heavy (non-hydrogen) atoms. The highest BCUT2D eigenvalue weighted by atomic mass is 32.2. The van der Waals surface area contributed by atoms with E-state index in [2.05, 4.69) is 37.0 Å². The largest absolute Gasteiger partial charge is 0.329 e. The normalized spacial score (nSPS) is 26.8. The molecule has 0 saturated carbocycles. The summed E-state index contributed by atoms with van der Waals surface area (Å²) in [4.78, 5) is 5.12. The van der Waals surface area contributed by atoms with Crippen molar-refractivity contribution in [2.45, 2.75) is 44.7 Å². The van der Waals surface area contributed by atoms with Crippen LogP contribution in [0.25, 0.3) is 0 Å². The van der Waals surface area contributed by atoms with Gasteiger partial charge in [0.2, 0.25) is 0 Å². The van der Waals surface area contributed by atoms with Crippen molar-refractivity contribution >= 4 is 11.8 Å². The van der Waals surface area contributed by atoms with Crippen molar-refractivity contribution in [1.29, 1.82) is 0 Å². The lowest BCUT2D eigenvalue weighted by Crippen LogP contribution is -2.53. The maximum absolute atomic E-state index is 6.13. The molecule has 0 aliphatic carbocycles. The number of nitrogens with zero attached hydrogens (tertiary/aromatic N) is 2. The van der Waals surface area contributed by atoms with Crippen LogP contribution in [0.4, 0.5) is 0 Å². The summed E-state index contributed by atoms with van der Waals surface area (Å²) < 4.78 is 0. The van der Waals surface area contributed by atoms with Gasteiger partial charge in [0.15, 0.2) is 0 Å². The number of nitrogens with two attached hydrogens (primary N) is 1. The van der Waals surface area contributed by atoms with Gasteiger partial charge in [0.05, 0.1) is 0 Å². The molecular weight excluding hydrogens is 242 g/mol. The quantitative estimate of drug-likeness (QED) is 0.801. The van der Waals surface area contributed by atoms with E-state index in [4.69, 9.17) is 5.73 Å². The zero-order valence-corrected chi connectivity index (χ0v) is 13.4. The molecule has 1 aliphatic heterocycles. The molecule has 1 fully saturated rings. The summed E-state index contributed by atoms with van der Waals surface area (Å²) in [5, 5.41) is 0. The summed E-state index contributed by atoms with van der Waals surface area (Å²) in [7, 11) is 2.26. The summed E-state index contributed by atoms with van der Waals surface area (Å²) >= 11 is 1.92. The Balaban J connectivity index is 2.63. The highest BCUT2D eigenvalue weighted by Crippen LogP contribution is 2.28. The Hall–Kier alpha value is 0.230. The van der Waals surface area contributed by atoms with Gasteiger partial charge >= 0.3 is 0 Å². The molecule has 4 heteroatoms. The van der Waals surface area contributed by atoms with Gasteiger partial charge in [-0.1, -0.05) is 0 Å². The number of hydrogen-bond donors (Lipinski definition) is 1. The monoisotopic (exact) mass is 273 g/mol. The van der Waals surface area contributed by atoms with Gasteiger partial charge in [0.25, 0.3) is 0 Å². The Kier molecular flexibility index (Phi) is 6.99. The molecule has 1 unspecified atom stereocenters. The molecular formula is C14H31N3S. The number of likely N-dealkylation sites (N-methyl/N-ethyl adjacent to an activating group) is 1. The second-order valence-corrected chi connectivity index (χ2v) is 6.81. The van der Waals surface area contributed by atoms with Crippen LogP contribution in [0.2, 0.25) is 0 Å². The second-order valence-electron chi connectivity index (χ2n) is 5.83. The highest BCUT2D eigenvalue weighted by molar-refractivity contribution is 7.98. The molecule has 3 nitrogen and oxygen atoms in total. The molecule has 108 valence electrons. The first-order chi connectivity index (χ1) is 8.55. The Bertz CT molecular complexity index is 235. The van der Waals surface area contributed by atoms with E-state index in [0.717, 1.165) is 13.1 Å². The lowest BCUT2D eigenvalue weighted by atomic mass is 9.89. The SMILES string of the molecule is CSCCN(C)C1(CN)CCCN(C(C)C)CC1. The van der Waals surface area contributed by atoms with Gasteiger partial charge in [-0.15, -0.1) is 0 Å². The fraction of sp³-hybridized carbons (Fsp3) is 1.00. The van der Waals surface area contributed by atoms with E-state index in [-0.39, 0.29) is 5.54 Å². The fourth-order valence-electron chi connectivity index (χ4n) is 2.92. The Morgan fingerprint density at radius 2 is 2.06 bits per heavy atom. The summed E-state index contributed by atoms with van der Waals surface area (Å²) in [5.74, 6) is 1.20. The van der Waals surface area contributed by atoms with Crippen molar-refractivity contribution in [3.63, 3.8) is 0 Å². The molecule has 0 amide bonds. The maximum atomic E-state index is 6.13. The van der Waals surface area contributed by atoms with Crippen molar-refractivity contribution in [3.05, 3.63) is 0 Å². The van der Waals surface area contributed by atoms with Gasteiger partial charge in [-0.3, -0.25) is 4.90 Å². The van der Waals surface area contributed by atoms with Crippen LogP contribution in [0, 0.1) is 0 Å². The summed E-state index contributed by atoms with van der Waals surface area (Å²) in [6.45, 7) is 8.97. The van der Waals surface area contributed by atoms with Crippen LogP contribution < -0.4 is 5.73 Å². The van der Waals surface area contributed by atoms with Crippen LogP contribution in [0.15, 0.2) is 0 Å². The van der Waals surface area contributed by atoms with Crippen molar-refractivity contribution in [3.8, 4) is 0 Å². The van der Waals surface area contributed by atoms with Crippen molar-refractivity contribution in [2.75, 3.05) is 45.2 Å². The van der Waals surface area contributed by atoms with E-state index in [1.807, 2.05) is 11.8 Å². The maximum Gasteiger partial charge on any atom is 0.0341 e. The average molecular weight is 273 g/mol. The Morgan fingerprint density at radius 1 is 1.33 bits per heavy atom. The minimum absolute atomic E-state index is 0.235. The van der Waals surface area contributed by atoms with E-state index < -0.39 is 0 Å². The van der Waals surface area contributed by atoms with Crippen LogP contribution in [0.5, 0.6) is 0 Å². The van der Waals surface area contributed by atoms with E-state index in [1.165, 1.54) is 38.1 Å².